The smallest absolute Gasteiger partial charge is 0.218 e. The topological polar surface area (TPSA) is 83.5 Å². The molecule has 0 saturated heterocycles. The zero-order valence-corrected chi connectivity index (χ0v) is 21.0. The maximum Gasteiger partial charge on any atom is 0.218 e. The number of fused-ring (bicyclic) bond motifs is 1. The van der Waals surface area contributed by atoms with Crippen molar-refractivity contribution in [2.45, 2.75) is 89.5 Å². The highest BCUT2D eigenvalue weighted by Crippen LogP contribution is 2.48. The van der Waals surface area contributed by atoms with Gasteiger partial charge in [0.25, 0.3) is 0 Å². The molecule has 1 aromatic heterocycles. The van der Waals surface area contributed by atoms with E-state index in [2.05, 4.69) is 35.5 Å². The number of halogens is 1. The number of aromatic nitrogens is 1. The first-order valence-corrected chi connectivity index (χ1v) is 12.9. The van der Waals surface area contributed by atoms with Gasteiger partial charge in [-0.3, -0.25) is 4.79 Å². The van der Waals surface area contributed by atoms with Crippen molar-refractivity contribution in [1.82, 2.24) is 15.6 Å². The molecule has 0 unspecified atom stereocenters. The third-order valence-corrected chi connectivity index (χ3v) is 7.54. The number of hydrogen-bond acceptors (Lipinski definition) is 5. The molecule has 1 spiro atoms. The summed E-state index contributed by atoms with van der Waals surface area (Å²) in [6, 6.07) is 7.89. The monoisotopic (exact) mass is 483 g/mol. The summed E-state index contributed by atoms with van der Waals surface area (Å²) in [6.07, 6.45) is 7.64. The van der Waals surface area contributed by atoms with Gasteiger partial charge in [0.1, 0.15) is 11.4 Å². The Morgan fingerprint density at radius 3 is 2.63 bits per heavy atom. The standard InChI is InChI=1S/C28H38FN3O3/c1-4-18(2)12-21-13-23-25(15-28(10-5-11-28)35-27(23)31-16-21)30-17-26(34)24(32-19(3)33)14-20-6-8-22(29)9-7-20/h6-9,13,16,18,24-26,30,34H,4-5,10-12,14-15,17H2,1-3H3,(H,32,33)/t18-,24-,25-,26+/m0/s1. The van der Waals surface area contributed by atoms with Crippen LogP contribution in [0.4, 0.5) is 4.39 Å². The predicted molar refractivity (Wildman–Crippen MR) is 134 cm³/mol. The first kappa shape index (κ1) is 25.6. The van der Waals surface area contributed by atoms with Gasteiger partial charge < -0.3 is 20.5 Å². The zero-order valence-electron chi connectivity index (χ0n) is 21.0. The Hall–Kier alpha value is -2.51. The molecular weight excluding hydrogens is 445 g/mol. The molecule has 190 valence electrons. The van der Waals surface area contributed by atoms with E-state index in [9.17, 15) is 14.3 Å². The highest BCUT2D eigenvalue weighted by molar-refractivity contribution is 5.73. The lowest BCUT2D eigenvalue weighted by Gasteiger charge is -2.47. The van der Waals surface area contributed by atoms with E-state index in [-0.39, 0.29) is 23.4 Å². The van der Waals surface area contributed by atoms with Crippen LogP contribution in [0.25, 0.3) is 0 Å². The van der Waals surface area contributed by atoms with E-state index in [0.29, 0.717) is 24.8 Å². The summed E-state index contributed by atoms with van der Waals surface area (Å²) < 4.78 is 19.7. The average molecular weight is 484 g/mol. The van der Waals surface area contributed by atoms with Crippen LogP contribution in [0.5, 0.6) is 5.88 Å². The van der Waals surface area contributed by atoms with E-state index < -0.39 is 12.1 Å². The minimum absolute atomic E-state index is 0.0156. The number of aliphatic hydroxyl groups excluding tert-OH is 1. The minimum Gasteiger partial charge on any atom is -0.471 e. The molecule has 3 N–H and O–H groups in total. The number of pyridine rings is 1. The van der Waals surface area contributed by atoms with Crippen LogP contribution in [0.1, 0.15) is 75.6 Å². The summed E-state index contributed by atoms with van der Waals surface area (Å²) in [5.41, 5.74) is 2.93. The number of nitrogens with one attached hydrogen (secondary N) is 2. The Kier molecular flexibility index (Phi) is 8.07. The first-order chi connectivity index (χ1) is 16.8. The Bertz CT molecular complexity index is 1010. The van der Waals surface area contributed by atoms with Gasteiger partial charge >= 0.3 is 0 Å². The molecule has 2 aliphatic rings. The molecule has 1 aromatic carbocycles. The number of aliphatic hydroxyl groups is 1. The van der Waals surface area contributed by atoms with Crippen LogP contribution in [0.2, 0.25) is 0 Å². The first-order valence-electron chi connectivity index (χ1n) is 12.9. The average Bonchev–Trinajstić information content (AvgIpc) is 2.81. The quantitative estimate of drug-likeness (QED) is 0.471. The van der Waals surface area contributed by atoms with Crippen molar-refractivity contribution in [1.29, 1.82) is 0 Å². The fraction of sp³-hybridized carbons (Fsp3) is 0.571. The second-order valence-corrected chi connectivity index (χ2v) is 10.5. The molecule has 1 fully saturated rings. The van der Waals surface area contributed by atoms with Crippen molar-refractivity contribution >= 4 is 5.91 Å². The third kappa shape index (κ3) is 6.39. The van der Waals surface area contributed by atoms with Crippen molar-refractivity contribution in [3.63, 3.8) is 0 Å². The van der Waals surface area contributed by atoms with Crippen molar-refractivity contribution in [3.8, 4) is 5.88 Å². The summed E-state index contributed by atoms with van der Waals surface area (Å²) in [5, 5.41) is 17.5. The number of carbonyl (C=O) groups excluding carboxylic acids is 1. The van der Waals surface area contributed by atoms with Crippen LogP contribution in [0.15, 0.2) is 36.5 Å². The molecule has 4 atom stereocenters. The summed E-state index contributed by atoms with van der Waals surface area (Å²) in [4.78, 5) is 16.5. The molecule has 35 heavy (non-hydrogen) atoms. The zero-order chi connectivity index (χ0) is 25.0. The lowest BCUT2D eigenvalue weighted by Crippen LogP contribution is -2.52. The summed E-state index contributed by atoms with van der Waals surface area (Å²) in [7, 11) is 0. The lowest BCUT2D eigenvalue weighted by molar-refractivity contribution is -0.120. The second-order valence-electron chi connectivity index (χ2n) is 10.5. The van der Waals surface area contributed by atoms with Crippen molar-refractivity contribution in [2.75, 3.05) is 6.54 Å². The Labute approximate surface area is 207 Å². The van der Waals surface area contributed by atoms with Crippen molar-refractivity contribution in [2.24, 2.45) is 5.92 Å². The number of carbonyl (C=O) groups is 1. The molecule has 1 saturated carbocycles. The molecule has 1 amide bonds. The number of amides is 1. The van der Waals surface area contributed by atoms with E-state index in [1.165, 1.54) is 24.6 Å². The summed E-state index contributed by atoms with van der Waals surface area (Å²) in [5.74, 6) is 0.757. The number of nitrogens with zero attached hydrogens (tertiary/aromatic N) is 1. The Morgan fingerprint density at radius 1 is 1.26 bits per heavy atom. The molecule has 4 rings (SSSR count). The van der Waals surface area contributed by atoms with Gasteiger partial charge in [0, 0.05) is 37.7 Å². The Morgan fingerprint density at radius 2 is 2.00 bits per heavy atom. The SMILES string of the molecule is CC[C@H](C)Cc1cnc2c(c1)[C@@H](NC[C@@H](O)[C@H](Cc1ccc(F)cc1)NC(C)=O)CC1(CCC1)O2. The van der Waals surface area contributed by atoms with Gasteiger partial charge in [-0.1, -0.05) is 32.4 Å². The van der Waals surface area contributed by atoms with E-state index in [4.69, 9.17) is 4.74 Å². The normalized spacial score (nSPS) is 20.8. The second kappa shape index (κ2) is 11.0. The van der Waals surface area contributed by atoms with E-state index >= 15 is 0 Å². The van der Waals surface area contributed by atoms with Gasteiger partial charge in [0.2, 0.25) is 11.8 Å². The maximum atomic E-state index is 13.3. The largest absolute Gasteiger partial charge is 0.471 e. The molecule has 0 radical (unpaired) electrons. The van der Waals surface area contributed by atoms with Crippen LogP contribution < -0.4 is 15.4 Å². The molecule has 0 bridgehead atoms. The number of benzene rings is 1. The predicted octanol–water partition coefficient (Wildman–Crippen LogP) is 4.25. The van der Waals surface area contributed by atoms with Crippen LogP contribution in [0, 0.1) is 11.7 Å². The lowest BCUT2D eigenvalue weighted by atomic mass is 9.73. The molecule has 2 aromatic rings. The summed E-state index contributed by atoms with van der Waals surface area (Å²) >= 11 is 0. The Balaban J connectivity index is 1.48. The number of hydrogen-bond donors (Lipinski definition) is 3. The van der Waals surface area contributed by atoms with Crippen LogP contribution in [0.3, 0.4) is 0 Å². The molecular formula is C28H38FN3O3. The number of ether oxygens (including phenoxy) is 1. The van der Waals surface area contributed by atoms with Gasteiger partial charge in [0.05, 0.1) is 12.1 Å². The van der Waals surface area contributed by atoms with Crippen molar-refractivity contribution < 1.29 is 19.0 Å². The highest BCUT2D eigenvalue weighted by atomic mass is 19.1. The van der Waals surface area contributed by atoms with Crippen LogP contribution in [-0.4, -0.2) is 40.3 Å². The van der Waals surface area contributed by atoms with Crippen molar-refractivity contribution in [3.05, 3.63) is 59.0 Å². The number of rotatable bonds is 10. The van der Waals surface area contributed by atoms with Crippen LogP contribution >= 0.6 is 0 Å². The molecule has 1 aliphatic heterocycles. The fourth-order valence-electron chi connectivity index (χ4n) is 5.12. The third-order valence-electron chi connectivity index (χ3n) is 7.54. The highest BCUT2D eigenvalue weighted by Gasteiger charge is 2.46. The van der Waals surface area contributed by atoms with Crippen LogP contribution in [-0.2, 0) is 17.6 Å². The molecule has 1 aliphatic carbocycles. The van der Waals surface area contributed by atoms with E-state index in [1.807, 2.05) is 6.20 Å². The van der Waals surface area contributed by atoms with Gasteiger partial charge in [-0.05, 0) is 67.3 Å². The maximum absolute atomic E-state index is 13.3. The molecule has 7 heteroatoms. The van der Waals surface area contributed by atoms with Gasteiger partial charge in [-0.25, -0.2) is 9.37 Å². The molecule has 2 heterocycles. The van der Waals surface area contributed by atoms with E-state index in [0.717, 1.165) is 49.7 Å². The van der Waals surface area contributed by atoms with Gasteiger partial charge in [-0.2, -0.15) is 0 Å². The summed E-state index contributed by atoms with van der Waals surface area (Å²) in [6.45, 7) is 6.19. The molecule has 6 nitrogen and oxygen atoms in total. The minimum atomic E-state index is -0.816. The fourth-order valence-corrected chi connectivity index (χ4v) is 5.12. The van der Waals surface area contributed by atoms with E-state index in [1.54, 1.807) is 12.1 Å². The van der Waals surface area contributed by atoms with Gasteiger partial charge in [0.15, 0.2) is 0 Å². The van der Waals surface area contributed by atoms with Gasteiger partial charge in [-0.15, -0.1) is 0 Å².